The van der Waals surface area contributed by atoms with Gasteiger partial charge in [0.15, 0.2) is 0 Å². The molecule has 3 aromatic rings. The highest BCUT2D eigenvalue weighted by atomic mass is 16.5. The van der Waals surface area contributed by atoms with Crippen molar-refractivity contribution in [2.24, 2.45) is 0 Å². The maximum atomic E-state index is 5.86. The Morgan fingerprint density at radius 1 is 0.885 bits per heavy atom. The van der Waals surface area contributed by atoms with Gasteiger partial charge in [0.05, 0.1) is 26.0 Å². The quantitative estimate of drug-likeness (QED) is 0.668. The molecule has 1 aromatic carbocycles. The zero-order chi connectivity index (χ0) is 18.2. The summed E-state index contributed by atoms with van der Waals surface area (Å²) in [5.74, 6) is 1.41. The summed E-state index contributed by atoms with van der Waals surface area (Å²) in [5, 5.41) is 3.36. The number of benzene rings is 1. The molecule has 0 saturated heterocycles. The smallest absolute Gasteiger partial charge is 0.328 e. The first-order valence-corrected chi connectivity index (χ1v) is 8.12. The summed E-state index contributed by atoms with van der Waals surface area (Å²) in [6.45, 7) is 1.28. The van der Waals surface area contributed by atoms with Gasteiger partial charge < -0.3 is 19.5 Å². The Balaban J connectivity index is 1.71. The van der Waals surface area contributed by atoms with Crippen LogP contribution < -0.4 is 19.5 Å². The lowest BCUT2D eigenvalue weighted by molar-refractivity contribution is 0.347. The second-order valence-electron chi connectivity index (χ2n) is 5.37. The molecule has 0 saturated carbocycles. The largest absolute Gasteiger partial charge is 0.481 e. The van der Waals surface area contributed by atoms with Crippen molar-refractivity contribution in [1.29, 1.82) is 0 Å². The molecule has 0 bridgehead atoms. The second-order valence-corrected chi connectivity index (χ2v) is 5.37. The number of para-hydroxylation sites is 1. The number of hydrogen-bond acceptors (Lipinski definition) is 7. The fourth-order valence-electron chi connectivity index (χ4n) is 2.31. The molecule has 134 valence electrons. The van der Waals surface area contributed by atoms with Gasteiger partial charge in [-0.1, -0.05) is 24.3 Å². The number of nitrogens with one attached hydrogen (secondary N) is 1. The number of hydrogen-bond donors (Lipinski definition) is 1. The van der Waals surface area contributed by atoms with Gasteiger partial charge >= 0.3 is 6.01 Å². The van der Waals surface area contributed by atoms with Crippen LogP contribution >= 0.6 is 0 Å². The van der Waals surface area contributed by atoms with E-state index in [-0.39, 0.29) is 6.01 Å². The van der Waals surface area contributed by atoms with Crippen molar-refractivity contribution >= 4 is 0 Å². The fourth-order valence-corrected chi connectivity index (χ4v) is 2.31. The molecular weight excluding hydrogens is 332 g/mol. The third kappa shape index (κ3) is 4.67. The van der Waals surface area contributed by atoms with Crippen LogP contribution in [0.15, 0.2) is 54.7 Å². The van der Waals surface area contributed by atoms with E-state index in [1.165, 1.54) is 14.2 Å². The van der Waals surface area contributed by atoms with Crippen molar-refractivity contribution in [2.45, 2.75) is 13.1 Å². The summed E-state index contributed by atoms with van der Waals surface area (Å²) in [4.78, 5) is 12.7. The standard InChI is InChI=1S/C19H20N4O3/c1-24-17-11-18(25-2)23-19(22-17)26-16-9-4-3-7-14(16)12-20-13-15-8-5-6-10-21-15/h3-11,20H,12-13H2,1-2H3. The molecule has 2 heterocycles. The van der Waals surface area contributed by atoms with E-state index in [1.54, 1.807) is 12.3 Å². The normalized spacial score (nSPS) is 10.4. The van der Waals surface area contributed by atoms with Crippen molar-refractivity contribution in [2.75, 3.05) is 14.2 Å². The monoisotopic (exact) mass is 352 g/mol. The molecule has 0 aliphatic rings. The summed E-state index contributed by atoms with van der Waals surface area (Å²) < 4.78 is 16.2. The molecule has 0 amide bonds. The molecular formula is C19H20N4O3. The number of aromatic nitrogens is 3. The third-order valence-electron chi connectivity index (χ3n) is 3.60. The van der Waals surface area contributed by atoms with Gasteiger partial charge in [-0.05, 0) is 18.2 Å². The lowest BCUT2D eigenvalue weighted by atomic mass is 10.2. The predicted molar refractivity (Wildman–Crippen MR) is 96.4 cm³/mol. The van der Waals surface area contributed by atoms with E-state index in [1.807, 2.05) is 42.5 Å². The van der Waals surface area contributed by atoms with E-state index in [2.05, 4.69) is 20.3 Å². The first kappa shape index (κ1) is 17.6. The van der Waals surface area contributed by atoms with E-state index in [4.69, 9.17) is 14.2 Å². The molecule has 2 aromatic heterocycles. The van der Waals surface area contributed by atoms with E-state index in [9.17, 15) is 0 Å². The molecule has 7 nitrogen and oxygen atoms in total. The maximum Gasteiger partial charge on any atom is 0.328 e. The van der Waals surface area contributed by atoms with E-state index in [0.717, 1.165) is 11.3 Å². The number of methoxy groups -OCH3 is 2. The van der Waals surface area contributed by atoms with E-state index < -0.39 is 0 Å². The van der Waals surface area contributed by atoms with Crippen molar-refractivity contribution in [3.63, 3.8) is 0 Å². The van der Waals surface area contributed by atoms with Gasteiger partial charge in [0.25, 0.3) is 0 Å². The van der Waals surface area contributed by atoms with Crippen LogP contribution in [-0.4, -0.2) is 29.2 Å². The van der Waals surface area contributed by atoms with Crippen LogP contribution in [0.25, 0.3) is 0 Å². The molecule has 26 heavy (non-hydrogen) atoms. The summed E-state index contributed by atoms with van der Waals surface area (Å²) in [6, 6.07) is 15.3. The van der Waals surface area contributed by atoms with Gasteiger partial charge in [-0.25, -0.2) is 0 Å². The summed E-state index contributed by atoms with van der Waals surface area (Å²) in [7, 11) is 3.06. The minimum atomic E-state index is 0.165. The topological polar surface area (TPSA) is 78.4 Å². The summed E-state index contributed by atoms with van der Waals surface area (Å²) in [5.41, 5.74) is 1.96. The van der Waals surface area contributed by atoms with Crippen LogP contribution in [0.4, 0.5) is 0 Å². The highest BCUT2D eigenvalue weighted by Crippen LogP contribution is 2.26. The highest BCUT2D eigenvalue weighted by Gasteiger charge is 2.10. The van der Waals surface area contributed by atoms with Gasteiger partial charge in [0.2, 0.25) is 11.8 Å². The van der Waals surface area contributed by atoms with Crippen LogP contribution in [-0.2, 0) is 13.1 Å². The van der Waals surface area contributed by atoms with E-state index >= 15 is 0 Å². The van der Waals surface area contributed by atoms with Crippen molar-refractivity contribution in [1.82, 2.24) is 20.3 Å². The average molecular weight is 352 g/mol. The average Bonchev–Trinajstić information content (AvgIpc) is 2.69. The summed E-state index contributed by atoms with van der Waals surface area (Å²) in [6.07, 6.45) is 1.78. The molecule has 3 rings (SSSR count). The molecule has 0 aliphatic carbocycles. The number of rotatable bonds is 8. The van der Waals surface area contributed by atoms with E-state index in [0.29, 0.717) is 30.6 Å². The van der Waals surface area contributed by atoms with Gasteiger partial charge in [0.1, 0.15) is 5.75 Å². The Morgan fingerprint density at radius 3 is 2.31 bits per heavy atom. The zero-order valence-electron chi connectivity index (χ0n) is 14.7. The molecule has 0 fully saturated rings. The van der Waals surface area contributed by atoms with Crippen molar-refractivity contribution in [3.8, 4) is 23.5 Å². The molecule has 0 radical (unpaired) electrons. The summed E-state index contributed by atoms with van der Waals surface area (Å²) >= 11 is 0. The predicted octanol–water partition coefficient (Wildman–Crippen LogP) is 2.97. The number of ether oxygens (including phenoxy) is 3. The zero-order valence-corrected chi connectivity index (χ0v) is 14.7. The first-order chi connectivity index (χ1) is 12.8. The van der Waals surface area contributed by atoms with Crippen LogP contribution in [0.3, 0.4) is 0 Å². The molecule has 0 atom stereocenters. The minimum absolute atomic E-state index is 0.165. The third-order valence-corrected chi connectivity index (χ3v) is 3.60. The van der Waals surface area contributed by atoms with Gasteiger partial charge in [-0.3, -0.25) is 4.98 Å². The Labute approximate surface area is 152 Å². The lowest BCUT2D eigenvalue weighted by Gasteiger charge is -2.12. The molecule has 0 spiro atoms. The van der Waals surface area contributed by atoms with Gasteiger partial charge in [-0.15, -0.1) is 0 Å². The molecule has 1 N–H and O–H groups in total. The molecule has 0 aliphatic heterocycles. The van der Waals surface area contributed by atoms with Crippen LogP contribution in [0, 0.1) is 0 Å². The second kappa shape index (κ2) is 8.77. The van der Waals surface area contributed by atoms with Gasteiger partial charge in [-0.2, -0.15) is 9.97 Å². The van der Waals surface area contributed by atoms with Crippen molar-refractivity contribution < 1.29 is 14.2 Å². The SMILES string of the molecule is COc1cc(OC)nc(Oc2ccccc2CNCc2ccccn2)n1. The van der Waals surface area contributed by atoms with Crippen LogP contribution in [0.5, 0.6) is 23.5 Å². The van der Waals surface area contributed by atoms with Crippen LogP contribution in [0.2, 0.25) is 0 Å². The molecule has 7 heteroatoms. The van der Waals surface area contributed by atoms with Crippen molar-refractivity contribution in [3.05, 3.63) is 66.0 Å². The Bertz CT molecular complexity index is 821. The fraction of sp³-hybridized carbons (Fsp3) is 0.211. The Hall–Kier alpha value is -3.19. The first-order valence-electron chi connectivity index (χ1n) is 8.12. The number of pyridine rings is 1. The lowest BCUT2D eigenvalue weighted by Crippen LogP contribution is -2.14. The maximum absolute atomic E-state index is 5.86. The van der Waals surface area contributed by atoms with Gasteiger partial charge in [0, 0.05) is 24.8 Å². The number of nitrogens with zero attached hydrogens (tertiary/aromatic N) is 3. The molecule has 0 unspecified atom stereocenters. The highest BCUT2D eigenvalue weighted by molar-refractivity contribution is 5.36. The minimum Gasteiger partial charge on any atom is -0.481 e. The Morgan fingerprint density at radius 2 is 1.62 bits per heavy atom. The Kier molecular flexibility index (Phi) is 5.95. The van der Waals surface area contributed by atoms with Crippen LogP contribution in [0.1, 0.15) is 11.3 Å².